The molecule has 0 aliphatic rings. The lowest BCUT2D eigenvalue weighted by atomic mass is 10.1. The number of nitrogens with one attached hydrogen (secondary N) is 1. The van der Waals surface area contributed by atoms with Gasteiger partial charge in [-0.3, -0.25) is 9.59 Å². The molecule has 4 rings (SSSR count). The van der Waals surface area contributed by atoms with Gasteiger partial charge in [-0.1, -0.05) is 29.8 Å². The van der Waals surface area contributed by atoms with Gasteiger partial charge in [0, 0.05) is 21.6 Å². The smallest absolute Gasteiger partial charge is 0.255 e. The van der Waals surface area contributed by atoms with Gasteiger partial charge in [0.2, 0.25) is 17.7 Å². The van der Waals surface area contributed by atoms with Crippen LogP contribution in [0.1, 0.15) is 15.9 Å². The quantitative estimate of drug-likeness (QED) is 0.405. The van der Waals surface area contributed by atoms with E-state index in [9.17, 15) is 9.59 Å². The number of hydrogen-bond donors (Lipinski definition) is 2. The monoisotopic (exact) mass is 444 g/mol. The number of nitrogens with two attached hydrogens (primary N) is 1. The predicted octanol–water partition coefficient (Wildman–Crippen LogP) is 4.54. The molecule has 2 amide bonds. The SMILES string of the molecule is Cc1ccc(-c2nnc(-c3ccc(C(=O)Nc4ccccc4SCC(N)=O)cc3)o2)cc1. The molecule has 0 aliphatic carbocycles. The van der Waals surface area contributed by atoms with Crippen LogP contribution < -0.4 is 11.1 Å². The molecular weight excluding hydrogens is 424 g/mol. The summed E-state index contributed by atoms with van der Waals surface area (Å²) < 4.78 is 5.79. The Labute approximate surface area is 189 Å². The number of nitrogens with zero attached hydrogens (tertiary/aromatic N) is 2. The zero-order valence-corrected chi connectivity index (χ0v) is 18.1. The fraction of sp³-hybridized carbons (Fsp3) is 0.0833. The van der Waals surface area contributed by atoms with E-state index in [4.69, 9.17) is 10.2 Å². The Bertz CT molecular complexity index is 1250. The van der Waals surface area contributed by atoms with Crippen LogP contribution in [0.2, 0.25) is 0 Å². The molecule has 0 bridgehead atoms. The molecule has 32 heavy (non-hydrogen) atoms. The van der Waals surface area contributed by atoms with Crippen molar-refractivity contribution < 1.29 is 14.0 Å². The van der Waals surface area contributed by atoms with Crippen molar-refractivity contribution in [2.45, 2.75) is 11.8 Å². The highest BCUT2D eigenvalue weighted by Gasteiger charge is 2.13. The van der Waals surface area contributed by atoms with E-state index < -0.39 is 5.91 Å². The first-order valence-corrected chi connectivity index (χ1v) is 10.8. The molecule has 0 saturated carbocycles. The van der Waals surface area contributed by atoms with Gasteiger partial charge in [-0.25, -0.2) is 0 Å². The number of hydrogen-bond acceptors (Lipinski definition) is 6. The van der Waals surface area contributed by atoms with Crippen LogP contribution >= 0.6 is 11.8 Å². The second kappa shape index (κ2) is 9.49. The van der Waals surface area contributed by atoms with Crippen LogP contribution in [0, 0.1) is 6.92 Å². The van der Waals surface area contributed by atoms with Gasteiger partial charge >= 0.3 is 0 Å². The summed E-state index contributed by atoms with van der Waals surface area (Å²) >= 11 is 1.28. The summed E-state index contributed by atoms with van der Waals surface area (Å²) in [5, 5.41) is 11.1. The number of aryl methyl sites for hydroxylation is 1. The van der Waals surface area contributed by atoms with Gasteiger partial charge in [-0.2, -0.15) is 0 Å². The highest BCUT2D eigenvalue weighted by molar-refractivity contribution is 8.00. The fourth-order valence-electron chi connectivity index (χ4n) is 2.96. The number of amides is 2. The molecule has 0 atom stereocenters. The van der Waals surface area contributed by atoms with Crippen molar-refractivity contribution in [2.75, 3.05) is 11.1 Å². The Morgan fingerprint density at radius 1 is 0.906 bits per heavy atom. The first kappa shape index (κ1) is 21.3. The number of carbonyl (C=O) groups is 2. The molecule has 3 aromatic carbocycles. The Morgan fingerprint density at radius 3 is 2.12 bits per heavy atom. The van der Waals surface area contributed by atoms with E-state index in [1.807, 2.05) is 49.4 Å². The maximum atomic E-state index is 12.7. The molecule has 1 aromatic heterocycles. The molecule has 0 fully saturated rings. The molecule has 4 aromatic rings. The normalized spacial score (nSPS) is 10.7. The van der Waals surface area contributed by atoms with E-state index in [1.165, 1.54) is 11.8 Å². The van der Waals surface area contributed by atoms with Gasteiger partial charge in [0.1, 0.15) is 0 Å². The van der Waals surface area contributed by atoms with Crippen LogP contribution in [0.25, 0.3) is 22.9 Å². The average molecular weight is 445 g/mol. The van der Waals surface area contributed by atoms with Gasteiger partial charge < -0.3 is 15.5 Å². The van der Waals surface area contributed by atoms with Crippen LogP contribution in [0.5, 0.6) is 0 Å². The molecule has 160 valence electrons. The second-order valence-electron chi connectivity index (χ2n) is 7.06. The molecule has 8 heteroatoms. The molecule has 0 saturated heterocycles. The van der Waals surface area contributed by atoms with Crippen molar-refractivity contribution in [3.05, 3.63) is 83.9 Å². The summed E-state index contributed by atoms with van der Waals surface area (Å²) in [6.45, 7) is 2.01. The Balaban J connectivity index is 1.47. The second-order valence-corrected chi connectivity index (χ2v) is 8.08. The number of aromatic nitrogens is 2. The lowest BCUT2D eigenvalue weighted by molar-refractivity contribution is -0.115. The van der Waals surface area contributed by atoms with E-state index in [0.29, 0.717) is 28.6 Å². The van der Waals surface area contributed by atoms with Crippen LogP contribution in [0.15, 0.2) is 82.1 Å². The Hall–Kier alpha value is -3.91. The number of thioether (sulfide) groups is 1. The third-order valence-corrected chi connectivity index (χ3v) is 5.72. The molecule has 0 radical (unpaired) electrons. The van der Waals surface area contributed by atoms with Crippen molar-refractivity contribution in [1.29, 1.82) is 0 Å². The largest absolute Gasteiger partial charge is 0.416 e. The number of primary amides is 1. The lowest BCUT2D eigenvalue weighted by Gasteiger charge is -2.10. The van der Waals surface area contributed by atoms with E-state index in [0.717, 1.165) is 16.0 Å². The maximum Gasteiger partial charge on any atom is 0.255 e. The number of para-hydroxylation sites is 1. The van der Waals surface area contributed by atoms with Crippen molar-refractivity contribution in [2.24, 2.45) is 5.73 Å². The standard InChI is InChI=1S/C24H20N4O3S/c1-15-6-8-17(9-7-15)23-27-28-24(31-23)18-12-10-16(11-13-18)22(30)26-19-4-2-3-5-20(19)32-14-21(25)29/h2-13H,14H2,1H3,(H2,25,29)(H,26,30). The number of anilines is 1. The molecule has 1 heterocycles. The fourth-order valence-corrected chi connectivity index (χ4v) is 3.70. The molecule has 3 N–H and O–H groups in total. The number of rotatable bonds is 7. The molecular formula is C24H20N4O3S. The third-order valence-electron chi connectivity index (χ3n) is 4.62. The Kier molecular flexibility index (Phi) is 6.32. The summed E-state index contributed by atoms with van der Waals surface area (Å²) in [4.78, 5) is 24.5. The maximum absolute atomic E-state index is 12.7. The average Bonchev–Trinajstić information content (AvgIpc) is 3.29. The Morgan fingerprint density at radius 2 is 1.50 bits per heavy atom. The molecule has 7 nitrogen and oxygen atoms in total. The van der Waals surface area contributed by atoms with Gasteiger partial charge in [-0.05, 0) is 55.5 Å². The summed E-state index contributed by atoms with van der Waals surface area (Å²) in [6, 6.07) is 22.0. The molecule has 0 aliphatic heterocycles. The summed E-state index contributed by atoms with van der Waals surface area (Å²) in [5.41, 5.74) is 9.02. The topological polar surface area (TPSA) is 111 Å². The highest BCUT2D eigenvalue weighted by Crippen LogP contribution is 2.28. The highest BCUT2D eigenvalue weighted by atomic mass is 32.2. The summed E-state index contributed by atoms with van der Waals surface area (Å²) in [5.74, 6) is 0.261. The van der Waals surface area contributed by atoms with Gasteiger partial charge in [0.25, 0.3) is 5.91 Å². The first-order chi connectivity index (χ1) is 15.5. The zero-order chi connectivity index (χ0) is 22.5. The van der Waals surface area contributed by atoms with Crippen LogP contribution in [-0.4, -0.2) is 27.8 Å². The van der Waals surface area contributed by atoms with Crippen molar-refractivity contribution in [3.63, 3.8) is 0 Å². The zero-order valence-electron chi connectivity index (χ0n) is 17.2. The van der Waals surface area contributed by atoms with Crippen LogP contribution in [-0.2, 0) is 4.79 Å². The minimum absolute atomic E-state index is 0.135. The van der Waals surface area contributed by atoms with Crippen LogP contribution in [0.4, 0.5) is 5.69 Å². The minimum atomic E-state index is -0.418. The third kappa shape index (κ3) is 5.04. The predicted molar refractivity (Wildman–Crippen MR) is 124 cm³/mol. The van der Waals surface area contributed by atoms with Crippen molar-refractivity contribution >= 4 is 29.3 Å². The minimum Gasteiger partial charge on any atom is -0.416 e. The summed E-state index contributed by atoms with van der Waals surface area (Å²) in [7, 11) is 0. The van der Waals surface area contributed by atoms with E-state index >= 15 is 0 Å². The van der Waals surface area contributed by atoms with Gasteiger partial charge in [0.15, 0.2) is 0 Å². The van der Waals surface area contributed by atoms with Gasteiger partial charge in [0.05, 0.1) is 11.4 Å². The van der Waals surface area contributed by atoms with Crippen molar-refractivity contribution in [1.82, 2.24) is 10.2 Å². The van der Waals surface area contributed by atoms with E-state index in [-0.39, 0.29) is 11.7 Å². The van der Waals surface area contributed by atoms with E-state index in [2.05, 4.69) is 15.5 Å². The summed E-state index contributed by atoms with van der Waals surface area (Å²) in [6.07, 6.45) is 0. The first-order valence-electron chi connectivity index (χ1n) is 9.82. The molecule has 0 unspecified atom stereocenters. The lowest BCUT2D eigenvalue weighted by Crippen LogP contribution is -2.14. The van der Waals surface area contributed by atoms with Crippen LogP contribution in [0.3, 0.4) is 0 Å². The number of benzene rings is 3. The molecule has 0 spiro atoms. The van der Waals surface area contributed by atoms with E-state index in [1.54, 1.807) is 30.3 Å². The van der Waals surface area contributed by atoms with Gasteiger partial charge in [-0.15, -0.1) is 22.0 Å². The number of carbonyl (C=O) groups excluding carboxylic acids is 2. The van der Waals surface area contributed by atoms with Crippen molar-refractivity contribution in [3.8, 4) is 22.9 Å².